The summed E-state index contributed by atoms with van der Waals surface area (Å²) in [6, 6.07) is 4.17. The number of aryl methyl sites for hydroxylation is 1. The molecule has 0 aliphatic carbocycles. The third-order valence-electron chi connectivity index (χ3n) is 3.14. The molecule has 2 atom stereocenters. The van der Waals surface area contributed by atoms with Gasteiger partial charge in [0.25, 0.3) is 0 Å². The standard InChI is InChI=1S/C13H20N2O4S/c1-3-10(2)12(13(16)17)15-20(18,19)9-7-11-6-4-5-8-14-11/h4-6,8,10,12,15H,3,7,9H2,1-2H3,(H,16,17). The van der Waals surface area contributed by atoms with E-state index in [2.05, 4.69) is 9.71 Å². The average Bonchev–Trinajstić information content (AvgIpc) is 2.43. The van der Waals surface area contributed by atoms with Crippen molar-refractivity contribution in [2.24, 2.45) is 5.92 Å². The highest BCUT2D eigenvalue weighted by molar-refractivity contribution is 7.89. The second kappa shape index (κ2) is 7.35. The van der Waals surface area contributed by atoms with Gasteiger partial charge in [0, 0.05) is 18.3 Å². The molecule has 0 aromatic carbocycles. The highest BCUT2D eigenvalue weighted by Gasteiger charge is 2.28. The van der Waals surface area contributed by atoms with E-state index in [0.717, 1.165) is 0 Å². The molecule has 6 nitrogen and oxygen atoms in total. The molecule has 0 saturated carbocycles. The largest absolute Gasteiger partial charge is 0.480 e. The van der Waals surface area contributed by atoms with Crippen LogP contribution in [0, 0.1) is 5.92 Å². The number of carboxylic acids is 1. The summed E-state index contributed by atoms with van der Waals surface area (Å²) in [7, 11) is -3.65. The Morgan fingerprint density at radius 3 is 2.65 bits per heavy atom. The Balaban J connectivity index is 2.66. The first-order chi connectivity index (χ1) is 9.35. The first-order valence-electron chi connectivity index (χ1n) is 6.48. The molecule has 1 rings (SSSR count). The van der Waals surface area contributed by atoms with Gasteiger partial charge in [-0.05, 0) is 18.1 Å². The summed E-state index contributed by atoms with van der Waals surface area (Å²) in [6.45, 7) is 3.53. The summed E-state index contributed by atoms with van der Waals surface area (Å²) >= 11 is 0. The van der Waals surface area contributed by atoms with Crippen molar-refractivity contribution in [2.45, 2.75) is 32.7 Å². The third-order valence-corrected chi connectivity index (χ3v) is 4.49. The summed E-state index contributed by atoms with van der Waals surface area (Å²) in [4.78, 5) is 15.2. The van der Waals surface area contributed by atoms with Gasteiger partial charge in [-0.1, -0.05) is 26.3 Å². The minimum absolute atomic E-state index is 0.176. The van der Waals surface area contributed by atoms with Crippen molar-refractivity contribution in [1.82, 2.24) is 9.71 Å². The molecule has 1 heterocycles. The maximum absolute atomic E-state index is 11.9. The van der Waals surface area contributed by atoms with Crippen LogP contribution in [0.1, 0.15) is 26.0 Å². The first-order valence-corrected chi connectivity index (χ1v) is 8.13. The molecule has 0 radical (unpaired) electrons. The van der Waals surface area contributed by atoms with E-state index in [1.165, 1.54) is 0 Å². The minimum Gasteiger partial charge on any atom is -0.480 e. The van der Waals surface area contributed by atoms with Crippen LogP contribution in [0.5, 0.6) is 0 Å². The van der Waals surface area contributed by atoms with Crippen LogP contribution in [0.3, 0.4) is 0 Å². The maximum atomic E-state index is 11.9. The highest BCUT2D eigenvalue weighted by Crippen LogP contribution is 2.09. The zero-order chi connectivity index (χ0) is 15.2. The lowest BCUT2D eigenvalue weighted by Gasteiger charge is -2.20. The lowest BCUT2D eigenvalue weighted by molar-refractivity contribution is -0.140. The van der Waals surface area contributed by atoms with E-state index in [1.54, 1.807) is 31.3 Å². The van der Waals surface area contributed by atoms with Crippen molar-refractivity contribution >= 4 is 16.0 Å². The molecular weight excluding hydrogens is 280 g/mol. The van der Waals surface area contributed by atoms with E-state index in [-0.39, 0.29) is 18.1 Å². The molecule has 1 aromatic rings. The van der Waals surface area contributed by atoms with Crippen LogP contribution < -0.4 is 4.72 Å². The van der Waals surface area contributed by atoms with Gasteiger partial charge in [0.2, 0.25) is 10.0 Å². The van der Waals surface area contributed by atoms with Gasteiger partial charge < -0.3 is 5.11 Å². The fraction of sp³-hybridized carbons (Fsp3) is 0.538. The van der Waals surface area contributed by atoms with E-state index in [0.29, 0.717) is 12.1 Å². The molecule has 2 unspecified atom stereocenters. The number of hydrogen-bond acceptors (Lipinski definition) is 4. The number of nitrogens with zero attached hydrogens (tertiary/aromatic N) is 1. The van der Waals surface area contributed by atoms with Crippen molar-refractivity contribution in [3.05, 3.63) is 30.1 Å². The quantitative estimate of drug-likeness (QED) is 0.748. The summed E-state index contributed by atoms with van der Waals surface area (Å²) in [5.41, 5.74) is 0.660. The number of aromatic nitrogens is 1. The maximum Gasteiger partial charge on any atom is 0.322 e. The Labute approximate surface area is 119 Å². The molecule has 0 saturated heterocycles. The Bertz CT molecular complexity index is 531. The van der Waals surface area contributed by atoms with Crippen LogP contribution in [-0.4, -0.2) is 36.3 Å². The Kier molecular flexibility index (Phi) is 6.09. The van der Waals surface area contributed by atoms with Crippen molar-refractivity contribution in [3.8, 4) is 0 Å². The predicted octanol–water partition coefficient (Wildman–Crippen LogP) is 1.04. The summed E-state index contributed by atoms with van der Waals surface area (Å²) in [6.07, 6.45) is 2.43. The Morgan fingerprint density at radius 1 is 1.45 bits per heavy atom. The molecule has 2 N–H and O–H groups in total. The average molecular weight is 300 g/mol. The topological polar surface area (TPSA) is 96.4 Å². The molecule has 20 heavy (non-hydrogen) atoms. The van der Waals surface area contributed by atoms with Gasteiger partial charge >= 0.3 is 5.97 Å². The number of pyridine rings is 1. The first kappa shape index (κ1) is 16.6. The van der Waals surface area contributed by atoms with Crippen molar-refractivity contribution in [3.63, 3.8) is 0 Å². The second-order valence-electron chi connectivity index (χ2n) is 4.71. The number of aliphatic carboxylic acids is 1. The fourth-order valence-corrected chi connectivity index (χ4v) is 3.00. The normalized spacial score (nSPS) is 14.7. The summed E-state index contributed by atoms with van der Waals surface area (Å²) in [5, 5.41) is 9.08. The summed E-state index contributed by atoms with van der Waals surface area (Å²) < 4.78 is 26.1. The SMILES string of the molecule is CCC(C)C(NS(=O)(=O)CCc1ccccn1)C(=O)O. The van der Waals surface area contributed by atoms with E-state index in [9.17, 15) is 13.2 Å². The molecular formula is C13H20N2O4S. The number of carbonyl (C=O) groups is 1. The number of nitrogens with one attached hydrogen (secondary N) is 1. The highest BCUT2D eigenvalue weighted by atomic mass is 32.2. The zero-order valence-corrected chi connectivity index (χ0v) is 12.4. The van der Waals surface area contributed by atoms with E-state index >= 15 is 0 Å². The molecule has 0 fully saturated rings. The van der Waals surface area contributed by atoms with Crippen LogP contribution in [0.25, 0.3) is 0 Å². The van der Waals surface area contributed by atoms with Gasteiger partial charge in [-0.2, -0.15) is 0 Å². The Hall–Kier alpha value is -1.47. The molecule has 112 valence electrons. The van der Waals surface area contributed by atoms with E-state index in [1.807, 2.05) is 6.92 Å². The minimum atomic E-state index is -3.65. The molecule has 0 spiro atoms. The van der Waals surface area contributed by atoms with Gasteiger partial charge in [-0.25, -0.2) is 13.1 Å². The molecule has 0 aliphatic rings. The second-order valence-corrected chi connectivity index (χ2v) is 6.58. The number of rotatable bonds is 8. The third kappa shape index (κ3) is 5.26. The number of hydrogen-bond donors (Lipinski definition) is 2. The monoisotopic (exact) mass is 300 g/mol. The van der Waals surface area contributed by atoms with Crippen molar-refractivity contribution in [1.29, 1.82) is 0 Å². The number of carboxylic acid groups (broad SMARTS) is 1. The Morgan fingerprint density at radius 2 is 2.15 bits per heavy atom. The number of sulfonamides is 1. The van der Waals surface area contributed by atoms with Gasteiger partial charge in [-0.15, -0.1) is 0 Å². The molecule has 7 heteroatoms. The van der Waals surface area contributed by atoms with Gasteiger partial charge in [0.05, 0.1) is 5.75 Å². The smallest absolute Gasteiger partial charge is 0.322 e. The fourth-order valence-electron chi connectivity index (χ4n) is 1.68. The molecule has 0 amide bonds. The zero-order valence-electron chi connectivity index (χ0n) is 11.6. The van der Waals surface area contributed by atoms with Gasteiger partial charge in [0.1, 0.15) is 6.04 Å². The van der Waals surface area contributed by atoms with Crippen LogP contribution in [-0.2, 0) is 21.2 Å². The van der Waals surface area contributed by atoms with Crippen molar-refractivity contribution in [2.75, 3.05) is 5.75 Å². The van der Waals surface area contributed by atoms with Crippen LogP contribution in [0.4, 0.5) is 0 Å². The van der Waals surface area contributed by atoms with Crippen LogP contribution in [0.15, 0.2) is 24.4 Å². The lowest BCUT2D eigenvalue weighted by Crippen LogP contribution is -2.46. The lowest BCUT2D eigenvalue weighted by atomic mass is 10.0. The van der Waals surface area contributed by atoms with Crippen LogP contribution >= 0.6 is 0 Å². The predicted molar refractivity (Wildman–Crippen MR) is 75.7 cm³/mol. The molecule has 1 aromatic heterocycles. The van der Waals surface area contributed by atoms with E-state index < -0.39 is 22.0 Å². The van der Waals surface area contributed by atoms with Crippen LogP contribution in [0.2, 0.25) is 0 Å². The van der Waals surface area contributed by atoms with E-state index in [4.69, 9.17) is 5.11 Å². The molecule has 0 aliphatic heterocycles. The van der Waals surface area contributed by atoms with Gasteiger partial charge in [0.15, 0.2) is 0 Å². The van der Waals surface area contributed by atoms with Crippen molar-refractivity contribution < 1.29 is 18.3 Å². The van der Waals surface area contributed by atoms with Gasteiger partial charge in [-0.3, -0.25) is 9.78 Å². The summed E-state index contributed by atoms with van der Waals surface area (Å²) in [5.74, 6) is -1.59. The molecule has 0 bridgehead atoms.